The number of fused-ring (bicyclic) bond motifs is 3. The molecule has 0 aliphatic carbocycles. The molecule has 0 unspecified atom stereocenters. The molecular formula is C17H19BrN5O3+. The molecule has 0 amide bonds. The van der Waals surface area contributed by atoms with Crippen LogP contribution in [0.1, 0.15) is 0 Å². The van der Waals surface area contributed by atoms with Crippen LogP contribution in [0.3, 0.4) is 0 Å². The lowest BCUT2D eigenvalue weighted by Gasteiger charge is -2.09. The Labute approximate surface area is 157 Å². The van der Waals surface area contributed by atoms with E-state index in [1.807, 2.05) is 28.8 Å². The van der Waals surface area contributed by atoms with Gasteiger partial charge < -0.3 is 4.74 Å². The highest BCUT2D eigenvalue weighted by Crippen LogP contribution is 2.27. The Morgan fingerprint density at radius 1 is 1.27 bits per heavy atom. The number of aromatic amines is 1. The van der Waals surface area contributed by atoms with E-state index >= 15 is 0 Å². The zero-order valence-corrected chi connectivity index (χ0v) is 16.1. The van der Waals surface area contributed by atoms with Gasteiger partial charge in [0.2, 0.25) is 11.2 Å². The molecule has 3 aromatic rings. The summed E-state index contributed by atoms with van der Waals surface area (Å²) in [6.45, 7) is 1.96. The molecule has 1 aliphatic heterocycles. The number of hydrogen-bond acceptors (Lipinski definition) is 4. The van der Waals surface area contributed by atoms with E-state index in [1.54, 1.807) is 14.2 Å². The van der Waals surface area contributed by atoms with Crippen molar-refractivity contribution < 1.29 is 9.30 Å². The summed E-state index contributed by atoms with van der Waals surface area (Å²) in [4.78, 5) is 30.9. The monoisotopic (exact) mass is 420 g/mol. The first-order valence-corrected chi connectivity index (χ1v) is 9.09. The van der Waals surface area contributed by atoms with E-state index < -0.39 is 0 Å². The van der Waals surface area contributed by atoms with Gasteiger partial charge in [0, 0.05) is 18.6 Å². The number of ether oxygens (including phenoxy) is 1. The molecule has 0 atom stereocenters. The van der Waals surface area contributed by atoms with Gasteiger partial charge in [-0.3, -0.25) is 13.9 Å². The Balaban J connectivity index is 1.91. The highest BCUT2D eigenvalue weighted by molar-refractivity contribution is 9.10. The van der Waals surface area contributed by atoms with Crippen molar-refractivity contribution >= 4 is 38.7 Å². The summed E-state index contributed by atoms with van der Waals surface area (Å²) < 4.78 is 10.7. The number of nitrogens with one attached hydrogen (secondary N) is 1. The van der Waals surface area contributed by atoms with Crippen molar-refractivity contribution in [2.75, 3.05) is 25.2 Å². The summed E-state index contributed by atoms with van der Waals surface area (Å²) in [6.07, 6.45) is 0. The van der Waals surface area contributed by atoms with E-state index in [0.717, 1.165) is 22.7 Å². The molecule has 3 heterocycles. The van der Waals surface area contributed by atoms with Gasteiger partial charge in [-0.25, -0.2) is 19.2 Å². The van der Waals surface area contributed by atoms with Gasteiger partial charge in [0.25, 0.3) is 5.56 Å². The minimum Gasteiger partial charge on any atom is -0.383 e. The van der Waals surface area contributed by atoms with Crippen molar-refractivity contribution in [3.63, 3.8) is 0 Å². The SMILES string of the molecule is COCCn1c(=O)c2c([nH]c3[n+]2CCN3c2ccc(Br)cc2)n(C)c1=O. The molecule has 2 aromatic heterocycles. The molecule has 0 saturated carbocycles. The molecule has 0 fully saturated rings. The first kappa shape index (κ1) is 17.0. The number of hydrogen-bond donors (Lipinski definition) is 1. The van der Waals surface area contributed by atoms with Gasteiger partial charge in [0.15, 0.2) is 0 Å². The summed E-state index contributed by atoms with van der Waals surface area (Å²) in [6, 6.07) is 7.99. The molecule has 0 bridgehead atoms. The van der Waals surface area contributed by atoms with Crippen LogP contribution in [0.15, 0.2) is 38.3 Å². The molecule has 8 nitrogen and oxygen atoms in total. The summed E-state index contributed by atoms with van der Waals surface area (Å²) >= 11 is 3.45. The predicted octanol–water partition coefficient (Wildman–Crippen LogP) is 0.876. The standard InChI is InChI=1S/C17H18BrN5O3/c1-20-14-13(15(24)23(17(20)25)9-10-26-2)22-8-7-21(16(22)19-14)12-5-3-11(18)4-6-12/h3-6H,7-10H2,1-2H3/p+1. The highest BCUT2D eigenvalue weighted by atomic mass is 79.9. The molecule has 26 heavy (non-hydrogen) atoms. The quantitative estimate of drug-likeness (QED) is 0.635. The van der Waals surface area contributed by atoms with Crippen LogP contribution in [0, 0.1) is 0 Å². The van der Waals surface area contributed by atoms with Crippen LogP contribution in [0.5, 0.6) is 0 Å². The van der Waals surface area contributed by atoms with Gasteiger partial charge in [-0.1, -0.05) is 15.9 Å². The molecule has 1 N–H and O–H groups in total. The lowest BCUT2D eigenvalue weighted by atomic mass is 10.3. The van der Waals surface area contributed by atoms with Crippen LogP contribution in [-0.4, -0.2) is 34.4 Å². The van der Waals surface area contributed by atoms with Crippen molar-refractivity contribution in [3.05, 3.63) is 49.6 Å². The molecule has 1 aromatic carbocycles. The second-order valence-electron chi connectivity index (χ2n) is 6.22. The maximum absolute atomic E-state index is 12.9. The number of halogens is 1. The number of H-pyrrole nitrogens is 1. The van der Waals surface area contributed by atoms with Crippen LogP contribution in [0.2, 0.25) is 0 Å². The minimum atomic E-state index is -0.352. The van der Waals surface area contributed by atoms with Crippen LogP contribution < -0.4 is 20.7 Å². The Bertz CT molecular complexity index is 1100. The number of anilines is 2. The maximum atomic E-state index is 12.9. The first-order valence-electron chi connectivity index (χ1n) is 8.30. The number of imidazole rings is 1. The van der Waals surface area contributed by atoms with Gasteiger partial charge in [-0.05, 0) is 24.3 Å². The Kier molecular flexibility index (Phi) is 4.20. The Morgan fingerprint density at radius 2 is 2.00 bits per heavy atom. The summed E-state index contributed by atoms with van der Waals surface area (Å²) in [7, 11) is 3.22. The van der Waals surface area contributed by atoms with Crippen LogP contribution in [0.4, 0.5) is 11.6 Å². The fraction of sp³-hybridized carbons (Fsp3) is 0.353. The number of aryl methyl sites for hydroxylation is 1. The predicted molar refractivity (Wildman–Crippen MR) is 101 cm³/mol. The topological polar surface area (TPSA) is 76.1 Å². The lowest BCUT2D eigenvalue weighted by molar-refractivity contribution is -0.644. The zero-order valence-electron chi connectivity index (χ0n) is 14.5. The Morgan fingerprint density at radius 3 is 2.69 bits per heavy atom. The van der Waals surface area contributed by atoms with Crippen molar-refractivity contribution in [2.45, 2.75) is 13.1 Å². The fourth-order valence-electron chi connectivity index (χ4n) is 3.41. The van der Waals surface area contributed by atoms with Crippen LogP contribution >= 0.6 is 15.9 Å². The van der Waals surface area contributed by atoms with E-state index in [1.165, 1.54) is 9.13 Å². The Hall–Kier alpha value is -2.39. The second kappa shape index (κ2) is 6.40. The molecule has 136 valence electrons. The maximum Gasteiger partial charge on any atom is 0.364 e. The van der Waals surface area contributed by atoms with Crippen molar-refractivity contribution in [1.29, 1.82) is 0 Å². The van der Waals surface area contributed by atoms with Crippen LogP contribution in [-0.2, 0) is 24.9 Å². The van der Waals surface area contributed by atoms with Crippen molar-refractivity contribution in [2.24, 2.45) is 7.05 Å². The smallest absolute Gasteiger partial charge is 0.364 e. The van der Waals surface area contributed by atoms with Gasteiger partial charge in [0.1, 0.15) is 18.8 Å². The van der Waals surface area contributed by atoms with Gasteiger partial charge >= 0.3 is 11.6 Å². The van der Waals surface area contributed by atoms with E-state index in [4.69, 9.17) is 4.74 Å². The third-order valence-electron chi connectivity index (χ3n) is 4.74. The zero-order chi connectivity index (χ0) is 18.4. The third-order valence-corrected chi connectivity index (χ3v) is 5.27. The first-order chi connectivity index (χ1) is 12.5. The highest BCUT2D eigenvalue weighted by Gasteiger charge is 2.35. The number of aromatic nitrogens is 4. The van der Waals surface area contributed by atoms with E-state index in [-0.39, 0.29) is 17.8 Å². The largest absolute Gasteiger partial charge is 0.383 e. The fourth-order valence-corrected chi connectivity index (χ4v) is 3.67. The average molecular weight is 421 g/mol. The van der Waals surface area contributed by atoms with Crippen molar-refractivity contribution in [1.82, 2.24) is 14.1 Å². The average Bonchev–Trinajstić information content (AvgIpc) is 3.20. The summed E-state index contributed by atoms with van der Waals surface area (Å²) in [5.74, 6) is 0.805. The number of rotatable bonds is 4. The molecule has 0 radical (unpaired) electrons. The minimum absolute atomic E-state index is 0.231. The summed E-state index contributed by atoms with van der Waals surface area (Å²) in [5.41, 5.74) is 1.43. The molecular weight excluding hydrogens is 402 g/mol. The molecule has 4 rings (SSSR count). The van der Waals surface area contributed by atoms with E-state index in [2.05, 4.69) is 25.8 Å². The van der Waals surface area contributed by atoms with Crippen molar-refractivity contribution in [3.8, 4) is 0 Å². The third kappa shape index (κ3) is 2.50. The van der Waals surface area contributed by atoms with E-state index in [0.29, 0.717) is 24.3 Å². The molecule has 0 saturated heterocycles. The molecule has 9 heteroatoms. The van der Waals surface area contributed by atoms with Crippen LogP contribution in [0.25, 0.3) is 11.2 Å². The number of nitrogens with zero attached hydrogens (tertiary/aromatic N) is 4. The van der Waals surface area contributed by atoms with Gasteiger partial charge in [-0.15, -0.1) is 0 Å². The lowest BCUT2D eigenvalue weighted by Crippen LogP contribution is -2.44. The normalized spacial score (nSPS) is 13.6. The van der Waals surface area contributed by atoms with Gasteiger partial charge in [-0.2, -0.15) is 0 Å². The van der Waals surface area contributed by atoms with Gasteiger partial charge in [0.05, 0.1) is 13.2 Å². The number of benzene rings is 1. The molecule has 1 aliphatic rings. The number of methoxy groups -OCH3 is 1. The molecule has 0 spiro atoms. The van der Waals surface area contributed by atoms with E-state index in [9.17, 15) is 9.59 Å². The summed E-state index contributed by atoms with van der Waals surface area (Å²) in [5, 5.41) is 0. The second-order valence-corrected chi connectivity index (χ2v) is 7.13.